The molecule has 1 aliphatic heterocycles. The lowest BCUT2D eigenvalue weighted by molar-refractivity contribution is 0.0599. The molecule has 0 radical (unpaired) electrons. The van der Waals surface area contributed by atoms with Gasteiger partial charge in [0.25, 0.3) is 0 Å². The number of esters is 1. The number of nitrogens with zero attached hydrogens (tertiary/aromatic N) is 4. The summed E-state index contributed by atoms with van der Waals surface area (Å²) in [5, 5.41) is 11.2. The molecule has 2 N–H and O–H groups in total. The Morgan fingerprint density at radius 2 is 2.28 bits per heavy atom. The van der Waals surface area contributed by atoms with Gasteiger partial charge in [0.05, 0.1) is 13.7 Å². The third kappa shape index (κ3) is 5.14. The molecule has 0 saturated carbocycles. The highest BCUT2D eigenvalue weighted by molar-refractivity contribution is 5.90. The van der Waals surface area contributed by atoms with Gasteiger partial charge in [0.15, 0.2) is 11.8 Å². The molecule has 3 heterocycles. The maximum atomic E-state index is 11.7. The van der Waals surface area contributed by atoms with Crippen LogP contribution < -0.4 is 10.6 Å². The standard InChI is InChI=1S/C19H28N6O4/c1-5-20-19(21-9-14-8-15(12(2)29-14)18(26)28-4)22-13-6-7-17-23-16(11-27-3)24-25(17)10-13/h8,13H,5-7,9-11H2,1-4H3,(H2,20,21,22). The lowest BCUT2D eigenvalue weighted by Gasteiger charge is -2.25. The van der Waals surface area contributed by atoms with Gasteiger partial charge in [-0.25, -0.2) is 19.5 Å². The zero-order valence-electron chi connectivity index (χ0n) is 17.3. The Morgan fingerprint density at radius 3 is 3.00 bits per heavy atom. The lowest BCUT2D eigenvalue weighted by Crippen LogP contribution is -2.47. The van der Waals surface area contributed by atoms with Crippen molar-refractivity contribution in [2.75, 3.05) is 20.8 Å². The van der Waals surface area contributed by atoms with Crippen LogP contribution in [0.3, 0.4) is 0 Å². The Balaban J connectivity index is 1.64. The first-order valence-corrected chi connectivity index (χ1v) is 9.68. The van der Waals surface area contributed by atoms with Gasteiger partial charge >= 0.3 is 5.97 Å². The molecule has 0 fully saturated rings. The van der Waals surface area contributed by atoms with Crippen LogP contribution in [0.1, 0.15) is 46.9 Å². The van der Waals surface area contributed by atoms with Crippen molar-refractivity contribution >= 4 is 11.9 Å². The molecule has 0 spiro atoms. The van der Waals surface area contributed by atoms with Crippen molar-refractivity contribution in [1.29, 1.82) is 0 Å². The van der Waals surface area contributed by atoms with Crippen LogP contribution in [0.25, 0.3) is 0 Å². The second kappa shape index (κ2) is 9.55. The second-order valence-electron chi connectivity index (χ2n) is 6.81. The first-order chi connectivity index (χ1) is 14.0. The van der Waals surface area contributed by atoms with Crippen LogP contribution in [0, 0.1) is 6.92 Å². The number of carbonyl (C=O) groups excluding carboxylic acids is 1. The third-order valence-electron chi connectivity index (χ3n) is 4.63. The molecule has 1 aliphatic rings. The van der Waals surface area contributed by atoms with Crippen molar-refractivity contribution in [3.05, 3.63) is 34.8 Å². The van der Waals surface area contributed by atoms with Crippen LogP contribution in [0.4, 0.5) is 0 Å². The molecular weight excluding hydrogens is 376 g/mol. The molecule has 3 rings (SSSR count). The van der Waals surface area contributed by atoms with E-state index >= 15 is 0 Å². The predicted molar refractivity (Wildman–Crippen MR) is 106 cm³/mol. The van der Waals surface area contributed by atoms with E-state index in [1.54, 1.807) is 20.1 Å². The molecule has 2 aromatic rings. The Bertz CT molecular complexity index is 872. The van der Waals surface area contributed by atoms with Crippen molar-refractivity contribution in [3.63, 3.8) is 0 Å². The highest BCUT2D eigenvalue weighted by Gasteiger charge is 2.22. The number of carbonyl (C=O) groups is 1. The number of ether oxygens (including phenoxy) is 2. The van der Waals surface area contributed by atoms with E-state index in [1.807, 2.05) is 11.6 Å². The molecule has 0 aromatic carbocycles. The molecule has 2 aromatic heterocycles. The molecule has 158 valence electrons. The van der Waals surface area contributed by atoms with Crippen molar-refractivity contribution in [3.8, 4) is 0 Å². The van der Waals surface area contributed by atoms with Gasteiger partial charge in [-0.15, -0.1) is 0 Å². The fourth-order valence-electron chi connectivity index (χ4n) is 3.27. The lowest BCUT2D eigenvalue weighted by atomic mass is 10.1. The van der Waals surface area contributed by atoms with Gasteiger partial charge in [-0.3, -0.25) is 0 Å². The molecule has 0 aliphatic carbocycles. The SMILES string of the molecule is CCNC(=NCc1cc(C(=O)OC)c(C)o1)NC1CCc2nc(COC)nn2C1. The van der Waals surface area contributed by atoms with Crippen molar-refractivity contribution < 1.29 is 18.7 Å². The Labute approximate surface area is 169 Å². The highest BCUT2D eigenvalue weighted by Crippen LogP contribution is 2.17. The predicted octanol–water partition coefficient (Wildman–Crippen LogP) is 1.18. The number of hydrogen-bond acceptors (Lipinski definition) is 7. The summed E-state index contributed by atoms with van der Waals surface area (Å²) >= 11 is 0. The topological polar surface area (TPSA) is 116 Å². The van der Waals surface area contributed by atoms with E-state index < -0.39 is 5.97 Å². The Kier molecular flexibility index (Phi) is 6.86. The number of aryl methyl sites for hydroxylation is 2. The van der Waals surface area contributed by atoms with Gasteiger partial charge in [0.1, 0.15) is 36.1 Å². The monoisotopic (exact) mass is 404 g/mol. The minimum absolute atomic E-state index is 0.182. The molecule has 0 amide bonds. The average Bonchev–Trinajstić information content (AvgIpc) is 3.28. The van der Waals surface area contributed by atoms with Gasteiger partial charge < -0.3 is 24.5 Å². The second-order valence-corrected chi connectivity index (χ2v) is 6.81. The molecule has 10 nitrogen and oxygen atoms in total. The summed E-state index contributed by atoms with van der Waals surface area (Å²) in [5.74, 6) is 3.10. The number of methoxy groups -OCH3 is 2. The number of fused-ring (bicyclic) bond motifs is 1. The number of nitrogens with one attached hydrogen (secondary N) is 2. The normalized spacial score (nSPS) is 16.4. The van der Waals surface area contributed by atoms with Crippen LogP contribution in [0.15, 0.2) is 15.5 Å². The van der Waals surface area contributed by atoms with E-state index in [0.717, 1.165) is 25.2 Å². The van der Waals surface area contributed by atoms with Gasteiger partial charge in [-0.05, 0) is 26.3 Å². The van der Waals surface area contributed by atoms with E-state index in [0.29, 0.717) is 48.6 Å². The fourth-order valence-corrected chi connectivity index (χ4v) is 3.27. The summed E-state index contributed by atoms with van der Waals surface area (Å²) in [5.41, 5.74) is 0.425. The van der Waals surface area contributed by atoms with Crippen molar-refractivity contribution in [1.82, 2.24) is 25.4 Å². The minimum Gasteiger partial charge on any atom is -0.465 e. The van der Waals surface area contributed by atoms with E-state index in [1.165, 1.54) is 7.11 Å². The number of aromatic nitrogens is 3. The molecule has 0 bridgehead atoms. The quantitative estimate of drug-likeness (QED) is 0.402. The van der Waals surface area contributed by atoms with Gasteiger partial charge in [-0.2, -0.15) is 5.10 Å². The summed E-state index contributed by atoms with van der Waals surface area (Å²) < 4.78 is 17.4. The third-order valence-corrected chi connectivity index (χ3v) is 4.63. The number of aliphatic imine (C=N–C) groups is 1. The highest BCUT2D eigenvalue weighted by atomic mass is 16.5. The van der Waals surface area contributed by atoms with E-state index in [9.17, 15) is 4.79 Å². The summed E-state index contributed by atoms with van der Waals surface area (Å²) in [7, 11) is 2.99. The van der Waals surface area contributed by atoms with E-state index in [-0.39, 0.29) is 6.04 Å². The summed E-state index contributed by atoms with van der Waals surface area (Å²) in [6.45, 7) is 5.92. The first-order valence-electron chi connectivity index (χ1n) is 9.68. The maximum Gasteiger partial charge on any atom is 0.341 e. The largest absolute Gasteiger partial charge is 0.465 e. The van der Waals surface area contributed by atoms with E-state index in [2.05, 4.69) is 25.7 Å². The summed E-state index contributed by atoms with van der Waals surface area (Å²) in [6, 6.07) is 1.86. The maximum absolute atomic E-state index is 11.7. The van der Waals surface area contributed by atoms with Crippen LogP contribution in [0.2, 0.25) is 0 Å². The van der Waals surface area contributed by atoms with Gasteiger partial charge in [-0.1, -0.05) is 0 Å². The molecule has 0 saturated heterocycles. The van der Waals surface area contributed by atoms with Crippen LogP contribution in [0.5, 0.6) is 0 Å². The van der Waals surface area contributed by atoms with Gasteiger partial charge in [0, 0.05) is 26.1 Å². The molecular formula is C19H28N6O4. The van der Waals surface area contributed by atoms with Crippen LogP contribution in [-0.4, -0.2) is 53.5 Å². The molecule has 1 unspecified atom stereocenters. The van der Waals surface area contributed by atoms with Crippen molar-refractivity contribution in [2.45, 2.75) is 52.4 Å². The van der Waals surface area contributed by atoms with E-state index in [4.69, 9.17) is 13.9 Å². The van der Waals surface area contributed by atoms with Crippen LogP contribution in [-0.2, 0) is 35.6 Å². The number of hydrogen-bond donors (Lipinski definition) is 2. The summed E-state index contributed by atoms with van der Waals surface area (Å²) in [6.07, 6.45) is 1.77. The Hall–Kier alpha value is -2.88. The first kappa shape index (κ1) is 20.8. The van der Waals surface area contributed by atoms with Crippen molar-refractivity contribution in [2.24, 2.45) is 4.99 Å². The summed E-state index contributed by atoms with van der Waals surface area (Å²) in [4.78, 5) is 20.8. The zero-order valence-corrected chi connectivity index (χ0v) is 17.3. The molecule has 29 heavy (non-hydrogen) atoms. The minimum atomic E-state index is -0.412. The Morgan fingerprint density at radius 1 is 1.45 bits per heavy atom. The fraction of sp³-hybridized carbons (Fsp3) is 0.579. The number of rotatable bonds is 7. The molecule has 10 heteroatoms. The average molecular weight is 404 g/mol. The van der Waals surface area contributed by atoms with Crippen LogP contribution >= 0.6 is 0 Å². The smallest absolute Gasteiger partial charge is 0.341 e. The number of furan rings is 1. The van der Waals surface area contributed by atoms with Gasteiger partial charge in [0.2, 0.25) is 0 Å². The number of guanidine groups is 1. The zero-order chi connectivity index (χ0) is 20.8. The molecule has 1 atom stereocenters.